The lowest BCUT2D eigenvalue weighted by Crippen LogP contribution is -2.36. The number of thioether (sulfide) groups is 1. The van der Waals surface area contributed by atoms with E-state index in [2.05, 4.69) is 10.3 Å². The van der Waals surface area contributed by atoms with Crippen LogP contribution in [0.15, 0.2) is 90.1 Å². The Morgan fingerprint density at radius 3 is 2.33 bits per heavy atom. The fraction of sp³-hybridized carbons (Fsp3) is 0.160. The van der Waals surface area contributed by atoms with Gasteiger partial charge in [-0.1, -0.05) is 60.3 Å². The molecule has 0 aliphatic heterocycles. The van der Waals surface area contributed by atoms with Crippen LogP contribution in [0.1, 0.15) is 6.42 Å². The minimum atomic E-state index is -0.909. The van der Waals surface area contributed by atoms with Gasteiger partial charge in [0.2, 0.25) is 0 Å². The third kappa shape index (κ3) is 5.72. The number of carboxylic acids is 1. The number of rotatable bonds is 9. The Morgan fingerprint density at radius 2 is 1.61 bits per heavy atom. The van der Waals surface area contributed by atoms with E-state index in [1.54, 1.807) is 9.47 Å². The first kappa shape index (κ1) is 22.4. The maximum absolute atomic E-state index is 13.0. The largest absolute Gasteiger partial charge is 0.480 e. The molecule has 0 aliphatic carbocycles. The second kappa shape index (κ2) is 10.7. The summed E-state index contributed by atoms with van der Waals surface area (Å²) in [6.07, 6.45) is 0.706. The molecule has 33 heavy (non-hydrogen) atoms. The average molecular weight is 461 g/mol. The number of amides is 2. The van der Waals surface area contributed by atoms with E-state index in [9.17, 15) is 14.7 Å². The first-order valence-corrected chi connectivity index (χ1v) is 11.6. The summed E-state index contributed by atoms with van der Waals surface area (Å²) in [7, 11) is 0. The van der Waals surface area contributed by atoms with E-state index in [1.807, 2.05) is 84.9 Å². The summed E-state index contributed by atoms with van der Waals surface area (Å²) in [5, 5.41) is 12.9. The Hall–Kier alpha value is -3.78. The van der Waals surface area contributed by atoms with Crippen molar-refractivity contribution in [2.75, 3.05) is 22.5 Å². The van der Waals surface area contributed by atoms with Crippen molar-refractivity contribution in [3.05, 3.63) is 84.9 Å². The lowest BCUT2D eigenvalue weighted by atomic mass is 10.2. The minimum absolute atomic E-state index is 0.140. The molecule has 0 fully saturated rings. The summed E-state index contributed by atoms with van der Waals surface area (Å²) in [5.41, 5.74) is 3.12. The Kier molecular flexibility index (Phi) is 7.26. The van der Waals surface area contributed by atoms with E-state index >= 15 is 0 Å². The Morgan fingerprint density at radius 1 is 0.939 bits per heavy atom. The van der Waals surface area contributed by atoms with Crippen LogP contribution in [-0.4, -0.2) is 39.0 Å². The van der Waals surface area contributed by atoms with E-state index in [-0.39, 0.29) is 12.6 Å². The van der Waals surface area contributed by atoms with Gasteiger partial charge in [0.1, 0.15) is 6.54 Å². The van der Waals surface area contributed by atoms with E-state index in [1.165, 1.54) is 11.8 Å². The number of urea groups is 1. The van der Waals surface area contributed by atoms with Crippen LogP contribution in [0.4, 0.5) is 16.2 Å². The van der Waals surface area contributed by atoms with Crippen molar-refractivity contribution in [1.82, 2.24) is 9.55 Å². The van der Waals surface area contributed by atoms with E-state index in [0.29, 0.717) is 23.9 Å². The molecule has 2 N–H and O–H groups in total. The number of benzene rings is 3. The zero-order valence-electron chi connectivity index (χ0n) is 17.9. The second-order valence-electron chi connectivity index (χ2n) is 7.35. The van der Waals surface area contributed by atoms with E-state index in [0.717, 1.165) is 22.4 Å². The van der Waals surface area contributed by atoms with Gasteiger partial charge in [-0.3, -0.25) is 9.69 Å². The number of nitrogens with one attached hydrogen (secondary N) is 1. The number of hydrogen-bond donors (Lipinski definition) is 2. The molecule has 0 saturated carbocycles. The van der Waals surface area contributed by atoms with Crippen LogP contribution in [0.2, 0.25) is 0 Å². The fourth-order valence-electron chi connectivity index (χ4n) is 3.51. The second-order valence-corrected chi connectivity index (χ2v) is 8.41. The highest BCUT2D eigenvalue weighted by Crippen LogP contribution is 2.25. The molecule has 0 radical (unpaired) electrons. The van der Waals surface area contributed by atoms with Gasteiger partial charge in [0.05, 0.1) is 11.0 Å². The van der Waals surface area contributed by atoms with E-state index < -0.39 is 5.97 Å². The quantitative estimate of drug-likeness (QED) is 0.260. The zero-order chi connectivity index (χ0) is 23.0. The van der Waals surface area contributed by atoms with Crippen LogP contribution < -0.4 is 10.2 Å². The maximum Gasteiger partial charge on any atom is 0.326 e. The lowest BCUT2D eigenvalue weighted by molar-refractivity contribution is -0.137. The molecule has 0 saturated heterocycles. The SMILES string of the molecule is O=C(O)Cn1c(SCCCN(C(=O)Nc2ccccc2)c2ccccc2)nc2ccccc21. The van der Waals surface area contributed by atoms with Gasteiger partial charge in [-0.25, -0.2) is 9.78 Å². The van der Waals surface area contributed by atoms with Gasteiger partial charge in [0.15, 0.2) is 5.16 Å². The maximum atomic E-state index is 13.0. The molecule has 0 unspecified atom stereocenters. The number of aliphatic carboxylic acids is 1. The number of hydrogen-bond acceptors (Lipinski definition) is 4. The van der Waals surface area contributed by atoms with E-state index in [4.69, 9.17) is 0 Å². The van der Waals surface area contributed by atoms with Crippen molar-refractivity contribution in [2.45, 2.75) is 18.1 Å². The van der Waals surface area contributed by atoms with Crippen molar-refractivity contribution >= 4 is 46.2 Å². The molecule has 1 heterocycles. The Bertz CT molecular complexity index is 1230. The molecule has 4 rings (SSSR count). The summed E-state index contributed by atoms with van der Waals surface area (Å²) < 4.78 is 1.72. The summed E-state index contributed by atoms with van der Waals surface area (Å²) in [6.45, 7) is 0.368. The monoisotopic (exact) mass is 460 g/mol. The number of anilines is 2. The summed E-state index contributed by atoms with van der Waals surface area (Å²) in [5.74, 6) is -0.224. The molecule has 0 bridgehead atoms. The first-order chi connectivity index (χ1) is 16.1. The van der Waals surface area contributed by atoms with Gasteiger partial charge in [-0.2, -0.15) is 0 Å². The number of fused-ring (bicyclic) bond motifs is 1. The summed E-state index contributed by atoms with van der Waals surface area (Å²) >= 11 is 1.50. The Balaban J connectivity index is 1.44. The van der Waals surface area contributed by atoms with Gasteiger partial charge in [-0.05, 0) is 42.8 Å². The van der Waals surface area contributed by atoms with Crippen LogP contribution >= 0.6 is 11.8 Å². The van der Waals surface area contributed by atoms with Gasteiger partial charge >= 0.3 is 12.0 Å². The first-order valence-electron chi connectivity index (χ1n) is 10.6. The molecule has 1 aromatic heterocycles. The molecule has 4 aromatic rings. The number of carboxylic acid groups (broad SMARTS) is 1. The standard InChI is InChI=1S/C25H24N4O3S/c30-23(31)18-29-22-15-8-7-14-21(22)27-25(29)33-17-9-16-28(20-12-5-2-6-13-20)24(32)26-19-10-3-1-4-11-19/h1-8,10-15H,9,16-18H2,(H,26,32)(H,30,31). The molecule has 2 amide bonds. The summed E-state index contributed by atoms with van der Waals surface area (Å²) in [6, 6.07) is 26.2. The van der Waals surface area contributed by atoms with Crippen molar-refractivity contribution in [2.24, 2.45) is 0 Å². The number of carbonyl (C=O) groups excluding carboxylic acids is 1. The van der Waals surface area contributed by atoms with Gasteiger partial charge in [0.25, 0.3) is 0 Å². The number of carbonyl (C=O) groups is 2. The topological polar surface area (TPSA) is 87.5 Å². The smallest absolute Gasteiger partial charge is 0.326 e. The molecular formula is C25H24N4O3S. The number of nitrogens with zero attached hydrogens (tertiary/aromatic N) is 3. The highest BCUT2D eigenvalue weighted by atomic mass is 32.2. The highest BCUT2D eigenvalue weighted by molar-refractivity contribution is 7.99. The number of para-hydroxylation sites is 4. The number of imidazole rings is 1. The minimum Gasteiger partial charge on any atom is -0.480 e. The van der Waals surface area contributed by atoms with Crippen molar-refractivity contribution in [3.8, 4) is 0 Å². The molecule has 3 aromatic carbocycles. The van der Waals surface area contributed by atoms with Crippen LogP contribution in [0.5, 0.6) is 0 Å². The molecular weight excluding hydrogens is 436 g/mol. The van der Waals surface area contributed by atoms with Gasteiger partial charge in [-0.15, -0.1) is 0 Å². The van der Waals surface area contributed by atoms with Crippen LogP contribution in [0, 0.1) is 0 Å². The van der Waals surface area contributed by atoms with Crippen molar-refractivity contribution < 1.29 is 14.7 Å². The molecule has 0 aliphatic rings. The van der Waals surface area contributed by atoms with Gasteiger partial charge in [0, 0.05) is 23.7 Å². The average Bonchev–Trinajstić information content (AvgIpc) is 3.17. The van der Waals surface area contributed by atoms with Crippen LogP contribution in [0.25, 0.3) is 11.0 Å². The molecule has 0 spiro atoms. The third-order valence-corrected chi connectivity index (χ3v) is 6.07. The molecule has 168 valence electrons. The molecule has 0 atom stereocenters. The Labute approximate surface area is 196 Å². The molecule has 8 heteroatoms. The molecule has 7 nitrogen and oxygen atoms in total. The normalized spacial score (nSPS) is 10.8. The van der Waals surface area contributed by atoms with Crippen molar-refractivity contribution in [1.29, 1.82) is 0 Å². The van der Waals surface area contributed by atoms with Crippen molar-refractivity contribution in [3.63, 3.8) is 0 Å². The van der Waals surface area contributed by atoms with Crippen LogP contribution in [-0.2, 0) is 11.3 Å². The fourth-order valence-corrected chi connectivity index (χ4v) is 4.44. The zero-order valence-corrected chi connectivity index (χ0v) is 18.7. The predicted molar refractivity (Wildman–Crippen MR) is 132 cm³/mol. The highest BCUT2D eigenvalue weighted by Gasteiger charge is 2.17. The summed E-state index contributed by atoms with van der Waals surface area (Å²) in [4.78, 5) is 30.7. The van der Waals surface area contributed by atoms with Crippen LogP contribution in [0.3, 0.4) is 0 Å². The van der Waals surface area contributed by atoms with Gasteiger partial charge < -0.3 is 15.0 Å². The lowest BCUT2D eigenvalue weighted by Gasteiger charge is -2.23. The third-order valence-electron chi connectivity index (χ3n) is 5.01. The predicted octanol–water partition coefficient (Wildman–Crippen LogP) is 5.34. The number of aromatic nitrogens is 2.